The maximum Gasteiger partial charge on any atom is 0.164 e. The second kappa shape index (κ2) is 4.38. The monoisotopic (exact) mass is 374 g/mol. The van der Waals surface area contributed by atoms with E-state index >= 15 is 0 Å². The largest absolute Gasteiger partial charge is 0.385 e. The van der Waals surface area contributed by atoms with Gasteiger partial charge in [-0.3, -0.25) is 0 Å². The third-order valence-corrected chi connectivity index (χ3v) is 2.80. The number of alkyl halides is 3. The molecule has 0 bridgehead atoms. The van der Waals surface area contributed by atoms with Crippen molar-refractivity contribution in [2.75, 3.05) is 0 Å². The highest BCUT2D eigenvalue weighted by Gasteiger charge is 2.29. The molecule has 1 unspecified atom stereocenters. The van der Waals surface area contributed by atoms with Gasteiger partial charge < -0.3 is 5.11 Å². The van der Waals surface area contributed by atoms with Gasteiger partial charge in [0.05, 0.1) is 0 Å². The molecule has 0 saturated heterocycles. The maximum absolute atomic E-state index is 12.5. The van der Waals surface area contributed by atoms with Crippen molar-refractivity contribution in [3.8, 4) is 0 Å². The number of hydrogen-bond donors (Lipinski definition) is 1. The molecule has 1 aromatic carbocycles. The third kappa shape index (κ3) is 3.31. The zero-order valence-corrected chi connectivity index (χ0v) is 11.1. The van der Waals surface area contributed by atoms with Gasteiger partial charge in [0.25, 0.3) is 0 Å². The summed E-state index contributed by atoms with van der Waals surface area (Å²) in [5, 5.41) is 9.68. The quantitative estimate of drug-likeness (QED) is 0.741. The van der Waals surface area contributed by atoms with Crippen LogP contribution in [0.3, 0.4) is 0 Å². The Morgan fingerprint density at radius 3 is 2.00 bits per heavy atom. The molecule has 0 aromatic heterocycles. The smallest absolute Gasteiger partial charge is 0.164 e. The fourth-order valence-corrected chi connectivity index (χ4v) is 1.63. The van der Waals surface area contributed by atoms with Crippen molar-refractivity contribution in [1.29, 1.82) is 0 Å². The van der Waals surface area contributed by atoms with Crippen molar-refractivity contribution < 1.29 is 9.50 Å². The average Bonchev–Trinajstić information content (AvgIpc) is 2.03. The minimum Gasteiger partial charge on any atom is -0.385 e. The van der Waals surface area contributed by atoms with Crippen LogP contribution in [0.5, 0.6) is 0 Å². The highest BCUT2D eigenvalue weighted by molar-refractivity contribution is 9.39. The van der Waals surface area contributed by atoms with Crippen LogP contribution in [0.1, 0.15) is 11.7 Å². The maximum atomic E-state index is 12.5. The van der Waals surface area contributed by atoms with Crippen LogP contribution in [0.4, 0.5) is 4.39 Å². The summed E-state index contributed by atoms with van der Waals surface area (Å²) in [4.78, 5) is 0. The molecule has 0 aliphatic heterocycles. The molecule has 0 radical (unpaired) electrons. The molecule has 1 aromatic rings. The Balaban J connectivity index is 2.90. The van der Waals surface area contributed by atoms with Gasteiger partial charge in [-0.1, -0.05) is 59.9 Å². The van der Waals surface area contributed by atoms with Crippen LogP contribution in [0.2, 0.25) is 0 Å². The molecule has 0 aliphatic carbocycles. The van der Waals surface area contributed by atoms with E-state index in [0.717, 1.165) is 0 Å². The Morgan fingerprint density at radius 2 is 1.62 bits per heavy atom. The zero-order chi connectivity index (χ0) is 10.1. The summed E-state index contributed by atoms with van der Waals surface area (Å²) in [7, 11) is 0. The van der Waals surface area contributed by atoms with Gasteiger partial charge in [0.1, 0.15) is 11.9 Å². The van der Waals surface area contributed by atoms with Gasteiger partial charge in [-0.2, -0.15) is 0 Å². The van der Waals surface area contributed by atoms with Gasteiger partial charge in [0, 0.05) is 0 Å². The summed E-state index contributed by atoms with van der Waals surface area (Å²) in [5.74, 6) is -0.319. The normalized spacial score (nSPS) is 14.2. The lowest BCUT2D eigenvalue weighted by atomic mass is 10.1. The molecular weight excluding hydrogens is 371 g/mol. The SMILES string of the molecule is OC(c1ccc(F)cc1)C(Br)(Br)Br. The minimum absolute atomic E-state index is 0.319. The highest BCUT2D eigenvalue weighted by Crippen LogP contribution is 2.44. The number of halogens is 4. The van der Waals surface area contributed by atoms with Gasteiger partial charge >= 0.3 is 0 Å². The van der Waals surface area contributed by atoms with Crippen LogP contribution in [0, 0.1) is 5.82 Å². The summed E-state index contributed by atoms with van der Waals surface area (Å²) in [6.45, 7) is 0. The lowest BCUT2D eigenvalue weighted by Gasteiger charge is -2.20. The van der Waals surface area contributed by atoms with Gasteiger partial charge in [-0.15, -0.1) is 0 Å². The molecule has 0 saturated carbocycles. The van der Waals surface area contributed by atoms with Crippen LogP contribution in [-0.4, -0.2) is 7.25 Å². The zero-order valence-electron chi connectivity index (χ0n) is 6.35. The van der Waals surface area contributed by atoms with Gasteiger partial charge in [0.15, 0.2) is 2.14 Å². The minimum atomic E-state index is -0.798. The number of rotatable bonds is 1. The fraction of sp³-hybridized carbons (Fsp3) is 0.250. The first-order valence-corrected chi connectivity index (χ1v) is 5.79. The number of benzene rings is 1. The predicted octanol–water partition coefficient (Wildman–Crippen LogP) is 3.70. The average molecular weight is 377 g/mol. The molecule has 0 spiro atoms. The Hall–Kier alpha value is 0.550. The van der Waals surface area contributed by atoms with Crippen molar-refractivity contribution in [3.05, 3.63) is 35.6 Å². The Kier molecular flexibility index (Phi) is 3.92. The van der Waals surface area contributed by atoms with Crippen molar-refractivity contribution in [1.82, 2.24) is 0 Å². The van der Waals surface area contributed by atoms with E-state index in [-0.39, 0.29) is 5.82 Å². The second-order valence-electron chi connectivity index (χ2n) is 2.50. The van der Waals surface area contributed by atoms with E-state index in [2.05, 4.69) is 47.8 Å². The molecule has 1 nitrogen and oxygen atoms in total. The fourth-order valence-electron chi connectivity index (χ4n) is 0.834. The molecule has 72 valence electrons. The van der Waals surface area contributed by atoms with Gasteiger partial charge in [-0.05, 0) is 17.7 Å². The molecule has 13 heavy (non-hydrogen) atoms. The van der Waals surface area contributed by atoms with Gasteiger partial charge in [0.2, 0.25) is 0 Å². The van der Waals surface area contributed by atoms with Crippen molar-refractivity contribution >= 4 is 47.8 Å². The molecular formula is C8H6Br3FO. The van der Waals surface area contributed by atoms with Crippen molar-refractivity contribution in [3.63, 3.8) is 0 Å². The van der Waals surface area contributed by atoms with Crippen molar-refractivity contribution in [2.24, 2.45) is 0 Å². The third-order valence-electron chi connectivity index (χ3n) is 1.50. The van der Waals surface area contributed by atoms with Crippen molar-refractivity contribution in [2.45, 2.75) is 8.25 Å². The Morgan fingerprint density at radius 1 is 1.15 bits per heavy atom. The molecule has 0 amide bonds. The van der Waals surface area contributed by atoms with Crippen LogP contribution in [0.25, 0.3) is 0 Å². The summed E-state index contributed by atoms with van der Waals surface area (Å²) in [6.07, 6.45) is -0.798. The Labute approximate surface area is 101 Å². The first-order valence-electron chi connectivity index (χ1n) is 3.41. The molecule has 0 aliphatic rings. The van der Waals surface area contributed by atoms with E-state index in [0.29, 0.717) is 5.56 Å². The number of aliphatic hydroxyl groups excluding tert-OH is 1. The van der Waals surface area contributed by atoms with E-state index in [1.165, 1.54) is 24.3 Å². The van der Waals surface area contributed by atoms with Crippen LogP contribution in [-0.2, 0) is 0 Å². The molecule has 1 atom stereocenters. The topological polar surface area (TPSA) is 20.2 Å². The lowest BCUT2D eigenvalue weighted by Crippen LogP contribution is -2.14. The second-order valence-corrected chi connectivity index (χ2v) is 9.44. The first-order chi connectivity index (χ1) is 5.91. The number of hydrogen-bond acceptors (Lipinski definition) is 1. The van der Waals surface area contributed by atoms with Crippen LogP contribution < -0.4 is 0 Å². The first kappa shape index (κ1) is 11.6. The summed E-state index contributed by atoms with van der Waals surface area (Å²) in [6, 6.07) is 5.66. The molecule has 0 heterocycles. The number of aliphatic hydroxyl groups is 1. The highest BCUT2D eigenvalue weighted by atomic mass is 80.0. The summed E-state index contributed by atoms with van der Waals surface area (Å²) < 4.78 is 11.8. The van der Waals surface area contributed by atoms with Gasteiger partial charge in [-0.25, -0.2) is 4.39 Å². The van der Waals surface area contributed by atoms with E-state index in [4.69, 9.17) is 0 Å². The van der Waals surface area contributed by atoms with Crippen LogP contribution >= 0.6 is 47.8 Å². The lowest BCUT2D eigenvalue weighted by molar-refractivity contribution is 0.193. The summed E-state index contributed by atoms with van der Waals surface area (Å²) in [5.41, 5.74) is 0.618. The predicted molar refractivity (Wildman–Crippen MR) is 60.9 cm³/mol. The van der Waals surface area contributed by atoms with Crippen LogP contribution in [0.15, 0.2) is 24.3 Å². The van der Waals surface area contributed by atoms with E-state index < -0.39 is 8.25 Å². The molecule has 1 rings (SSSR count). The van der Waals surface area contributed by atoms with E-state index in [9.17, 15) is 9.50 Å². The van der Waals surface area contributed by atoms with E-state index in [1.54, 1.807) is 0 Å². The molecule has 5 heteroatoms. The molecule has 1 N–H and O–H groups in total. The summed E-state index contributed by atoms with van der Waals surface area (Å²) >= 11 is 9.57. The van der Waals surface area contributed by atoms with E-state index in [1.807, 2.05) is 0 Å². The standard InChI is InChI=1S/C8H6Br3FO/c9-8(10,11)7(13)5-1-3-6(12)4-2-5/h1-4,7,13H. The Bertz CT molecular complexity index is 280. The molecule has 0 fully saturated rings.